The van der Waals surface area contributed by atoms with Crippen molar-refractivity contribution in [2.24, 2.45) is 17.8 Å². The number of carbonyl (C=O) groups is 2. The summed E-state index contributed by atoms with van der Waals surface area (Å²) in [4.78, 5) is 24.6. The lowest BCUT2D eigenvalue weighted by molar-refractivity contribution is 0.0987. The van der Waals surface area contributed by atoms with Gasteiger partial charge in [0.15, 0.2) is 11.6 Å². The Bertz CT molecular complexity index is 614. The number of hydrogen-bond donors (Lipinski definition) is 0. The van der Waals surface area contributed by atoms with Gasteiger partial charge in [-0.05, 0) is 30.6 Å². The third-order valence-electron chi connectivity index (χ3n) is 4.62. The minimum Gasteiger partial charge on any atom is -0.288 e. The molecule has 4 rings (SSSR count). The molecule has 0 heterocycles. The molecule has 0 radical (unpaired) electrons. The number of Topliss-reactive ketones (excluding diaryl/α,β-unsaturated/α-hetero) is 2. The first-order valence-electron chi connectivity index (χ1n) is 6.82. The normalized spacial score (nSPS) is 31.2. The van der Waals surface area contributed by atoms with Gasteiger partial charge in [0.25, 0.3) is 0 Å². The first-order valence-corrected chi connectivity index (χ1v) is 6.82. The Morgan fingerprint density at radius 1 is 0.947 bits per heavy atom. The van der Waals surface area contributed by atoms with Crippen molar-refractivity contribution in [3.05, 3.63) is 59.2 Å². The van der Waals surface area contributed by atoms with Crippen LogP contribution >= 0.6 is 0 Å². The van der Waals surface area contributed by atoms with Crippen LogP contribution < -0.4 is 0 Å². The lowest BCUT2D eigenvalue weighted by Crippen LogP contribution is -2.09. The molecular weight excluding hydrogens is 236 g/mol. The number of rotatable bonds is 1. The van der Waals surface area contributed by atoms with Crippen molar-refractivity contribution in [1.82, 2.24) is 0 Å². The second-order valence-corrected chi connectivity index (χ2v) is 5.73. The summed E-state index contributed by atoms with van der Waals surface area (Å²) in [5.41, 5.74) is 1.53. The second-order valence-electron chi connectivity index (χ2n) is 5.73. The zero-order valence-electron chi connectivity index (χ0n) is 10.5. The van der Waals surface area contributed by atoms with Gasteiger partial charge >= 0.3 is 0 Å². The second kappa shape index (κ2) is 3.77. The van der Waals surface area contributed by atoms with Crippen molar-refractivity contribution in [3.63, 3.8) is 0 Å². The summed E-state index contributed by atoms with van der Waals surface area (Å²) in [6, 6.07) is 7.12. The van der Waals surface area contributed by atoms with Crippen LogP contribution in [-0.2, 0) is 0 Å². The molecule has 1 fully saturated rings. The molecule has 3 unspecified atom stereocenters. The first kappa shape index (κ1) is 10.9. The molecule has 2 bridgehead atoms. The lowest BCUT2D eigenvalue weighted by atomic mass is 9.90. The third kappa shape index (κ3) is 1.49. The molecule has 2 heteroatoms. The summed E-state index contributed by atoms with van der Waals surface area (Å²) in [6.45, 7) is 0. The highest BCUT2D eigenvalue weighted by Crippen LogP contribution is 2.45. The number of ketones is 2. The Morgan fingerprint density at radius 3 is 2.16 bits per heavy atom. The molecule has 94 valence electrons. The van der Waals surface area contributed by atoms with E-state index in [9.17, 15) is 9.59 Å². The Labute approximate surface area is 111 Å². The largest absolute Gasteiger partial charge is 0.288 e. The minimum atomic E-state index is -0.0904. The maximum Gasteiger partial charge on any atom is 0.197 e. The number of allylic oxidation sites excluding steroid dienone is 4. The molecular formula is C17H14O2. The monoisotopic (exact) mass is 250 g/mol. The van der Waals surface area contributed by atoms with Gasteiger partial charge < -0.3 is 0 Å². The van der Waals surface area contributed by atoms with Crippen LogP contribution in [-0.4, -0.2) is 11.6 Å². The van der Waals surface area contributed by atoms with Gasteiger partial charge in [-0.1, -0.05) is 42.5 Å². The molecule has 0 saturated heterocycles. The van der Waals surface area contributed by atoms with Crippen molar-refractivity contribution in [2.45, 2.75) is 12.8 Å². The number of carbonyl (C=O) groups excluding carboxylic acids is 2. The number of hydrogen-bond acceptors (Lipinski definition) is 2. The molecule has 1 aromatic carbocycles. The van der Waals surface area contributed by atoms with E-state index < -0.39 is 0 Å². The van der Waals surface area contributed by atoms with Crippen LogP contribution in [0.2, 0.25) is 0 Å². The highest BCUT2D eigenvalue weighted by Gasteiger charge is 2.38. The molecule has 0 aliphatic heterocycles. The van der Waals surface area contributed by atoms with E-state index in [0.29, 0.717) is 34.5 Å². The fourth-order valence-electron chi connectivity index (χ4n) is 3.65. The van der Waals surface area contributed by atoms with Gasteiger partial charge in [-0.2, -0.15) is 0 Å². The first-order chi connectivity index (χ1) is 9.24. The van der Waals surface area contributed by atoms with Gasteiger partial charge in [-0.3, -0.25) is 9.59 Å². The smallest absolute Gasteiger partial charge is 0.197 e. The Kier molecular flexibility index (Phi) is 2.16. The van der Waals surface area contributed by atoms with E-state index in [2.05, 4.69) is 12.2 Å². The molecule has 19 heavy (non-hydrogen) atoms. The molecule has 1 aromatic rings. The van der Waals surface area contributed by atoms with E-state index in [-0.39, 0.29) is 11.6 Å². The topological polar surface area (TPSA) is 34.1 Å². The molecule has 3 atom stereocenters. The van der Waals surface area contributed by atoms with E-state index in [4.69, 9.17) is 0 Å². The van der Waals surface area contributed by atoms with E-state index in [1.165, 1.54) is 6.42 Å². The molecule has 0 spiro atoms. The summed E-state index contributed by atoms with van der Waals surface area (Å²) in [7, 11) is 0. The predicted molar refractivity (Wildman–Crippen MR) is 72.0 cm³/mol. The summed E-state index contributed by atoms with van der Waals surface area (Å²) in [5, 5.41) is 0. The van der Waals surface area contributed by atoms with Crippen LogP contribution in [0.15, 0.2) is 48.1 Å². The molecule has 1 saturated carbocycles. The average Bonchev–Trinajstić information content (AvgIpc) is 3.10. The van der Waals surface area contributed by atoms with Gasteiger partial charge in [-0.15, -0.1) is 0 Å². The highest BCUT2D eigenvalue weighted by atomic mass is 16.2. The fourth-order valence-corrected chi connectivity index (χ4v) is 3.65. The maximum atomic E-state index is 12.3. The SMILES string of the molecule is O=C1C(=CC2CC3C=CC2C3)C(=O)c2ccccc21. The maximum absolute atomic E-state index is 12.3. The van der Waals surface area contributed by atoms with Crippen molar-refractivity contribution < 1.29 is 9.59 Å². The fraction of sp³-hybridized carbons (Fsp3) is 0.294. The lowest BCUT2D eigenvalue weighted by Gasteiger charge is -2.13. The van der Waals surface area contributed by atoms with E-state index in [0.717, 1.165) is 6.42 Å². The van der Waals surface area contributed by atoms with Crippen LogP contribution in [0, 0.1) is 17.8 Å². The zero-order valence-corrected chi connectivity index (χ0v) is 10.5. The zero-order chi connectivity index (χ0) is 13.0. The average molecular weight is 250 g/mol. The van der Waals surface area contributed by atoms with Crippen molar-refractivity contribution in [2.75, 3.05) is 0 Å². The summed E-state index contributed by atoms with van der Waals surface area (Å²) in [5.74, 6) is 1.37. The van der Waals surface area contributed by atoms with Gasteiger partial charge in [0.05, 0.1) is 5.57 Å². The Morgan fingerprint density at radius 2 is 1.63 bits per heavy atom. The van der Waals surface area contributed by atoms with Crippen LogP contribution in [0.5, 0.6) is 0 Å². The molecule has 3 aliphatic rings. The molecule has 2 nitrogen and oxygen atoms in total. The van der Waals surface area contributed by atoms with Crippen LogP contribution in [0.25, 0.3) is 0 Å². The van der Waals surface area contributed by atoms with Crippen molar-refractivity contribution in [1.29, 1.82) is 0 Å². The molecule has 0 amide bonds. The Hall–Kier alpha value is -1.96. The van der Waals surface area contributed by atoms with Crippen molar-refractivity contribution >= 4 is 11.6 Å². The van der Waals surface area contributed by atoms with Crippen LogP contribution in [0.3, 0.4) is 0 Å². The van der Waals surface area contributed by atoms with E-state index in [1.54, 1.807) is 12.1 Å². The molecule has 3 aliphatic carbocycles. The van der Waals surface area contributed by atoms with Gasteiger partial charge in [0, 0.05) is 11.1 Å². The van der Waals surface area contributed by atoms with Crippen LogP contribution in [0.1, 0.15) is 33.6 Å². The predicted octanol–water partition coefficient (Wildman–Crippen LogP) is 3.20. The molecule has 0 aromatic heterocycles. The standard InChI is InChI=1S/C17H14O2/c18-16-13-3-1-2-4-14(13)17(19)15(16)9-12-8-10-5-6-11(12)7-10/h1-6,9-12H,7-8H2. The summed E-state index contributed by atoms with van der Waals surface area (Å²) >= 11 is 0. The quantitative estimate of drug-likeness (QED) is 0.436. The van der Waals surface area contributed by atoms with E-state index in [1.807, 2.05) is 18.2 Å². The van der Waals surface area contributed by atoms with Gasteiger partial charge in [0.1, 0.15) is 0 Å². The summed E-state index contributed by atoms with van der Waals surface area (Å²) < 4.78 is 0. The minimum absolute atomic E-state index is 0.0904. The van der Waals surface area contributed by atoms with Gasteiger partial charge in [-0.25, -0.2) is 0 Å². The molecule has 0 N–H and O–H groups in total. The van der Waals surface area contributed by atoms with Gasteiger partial charge in [0.2, 0.25) is 0 Å². The van der Waals surface area contributed by atoms with Crippen molar-refractivity contribution in [3.8, 4) is 0 Å². The van der Waals surface area contributed by atoms with E-state index >= 15 is 0 Å². The summed E-state index contributed by atoms with van der Waals surface area (Å²) in [6.07, 6.45) is 8.73. The highest BCUT2D eigenvalue weighted by molar-refractivity contribution is 6.39. The number of fused-ring (bicyclic) bond motifs is 3. The number of benzene rings is 1. The van der Waals surface area contributed by atoms with Crippen LogP contribution in [0.4, 0.5) is 0 Å². The Balaban J connectivity index is 1.73. The third-order valence-corrected chi connectivity index (χ3v) is 4.62.